The number of rotatable bonds is 7. The molecule has 0 spiro atoms. The van der Waals surface area contributed by atoms with Crippen molar-refractivity contribution >= 4 is 17.6 Å². The lowest BCUT2D eigenvalue weighted by Crippen LogP contribution is -2.37. The molecule has 0 aliphatic rings. The highest BCUT2D eigenvalue weighted by molar-refractivity contribution is 6.30. The average Bonchev–Trinajstić information content (AvgIpc) is 2.53. The number of nitrogens with one attached hydrogen (secondary N) is 2. The molecule has 116 valence electrons. The Morgan fingerprint density at radius 3 is 2.68 bits per heavy atom. The molecule has 0 radical (unpaired) electrons. The molecule has 0 unspecified atom stereocenters. The van der Waals surface area contributed by atoms with Crippen LogP contribution in [0, 0.1) is 0 Å². The van der Waals surface area contributed by atoms with Gasteiger partial charge in [0.1, 0.15) is 12.4 Å². The Morgan fingerprint density at radius 2 is 1.91 bits per heavy atom. The zero-order chi connectivity index (χ0) is 15.6. The fourth-order valence-corrected chi connectivity index (χ4v) is 1.87. The highest BCUT2D eigenvalue weighted by Gasteiger charge is 2.00. The van der Waals surface area contributed by atoms with Crippen molar-refractivity contribution in [2.75, 3.05) is 13.2 Å². The zero-order valence-corrected chi connectivity index (χ0v) is 12.7. The number of ether oxygens (including phenoxy) is 1. The lowest BCUT2D eigenvalue weighted by atomic mass is 10.2. The minimum absolute atomic E-state index is 0.313. The van der Waals surface area contributed by atoms with Crippen molar-refractivity contribution in [3.63, 3.8) is 0 Å². The first-order valence-electron chi connectivity index (χ1n) is 6.82. The Labute approximate surface area is 134 Å². The number of carbonyl (C=O) groups excluding carboxylic acids is 1. The van der Waals surface area contributed by atoms with E-state index in [4.69, 9.17) is 21.2 Å². The van der Waals surface area contributed by atoms with Crippen LogP contribution in [0.1, 0.15) is 5.56 Å². The van der Waals surface area contributed by atoms with Crippen LogP contribution in [0.25, 0.3) is 0 Å². The van der Waals surface area contributed by atoms with Crippen molar-refractivity contribution in [3.8, 4) is 5.75 Å². The van der Waals surface area contributed by atoms with Crippen LogP contribution in [0.3, 0.4) is 0 Å². The molecule has 2 rings (SSSR count). The predicted octanol–water partition coefficient (Wildman–Crippen LogP) is 3.15. The molecule has 6 heteroatoms. The molecule has 5 nitrogen and oxygen atoms in total. The van der Waals surface area contributed by atoms with Crippen LogP contribution >= 0.6 is 11.6 Å². The van der Waals surface area contributed by atoms with E-state index in [-0.39, 0.29) is 0 Å². The van der Waals surface area contributed by atoms with Gasteiger partial charge in [0.25, 0.3) is 0 Å². The third-order valence-electron chi connectivity index (χ3n) is 2.70. The third kappa shape index (κ3) is 6.03. The van der Waals surface area contributed by atoms with Gasteiger partial charge in [-0.2, -0.15) is 0 Å². The van der Waals surface area contributed by atoms with E-state index < -0.39 is 6.03 Å². The Hall–Kier alpha value is -2.24. The molecule has 0 aromatic heterocycles. The average molecular weight is 321 g/mol. The van der Waals surface area contributed by atoms with Crippen LogP contribution in [0.2, 0.25) is 5.02 Å². The summed E-state index contributed by atoms with van der Waals surface area (Å²) in [6, 6.07) is 16.2. The van der Waals surface area contributed by atoms with Gasteiger partial charge in [-0.1, -0.05) is 48.0 Å². The maximum absolute atomic E-state index is 11.5. The normalized spacial score (nSPS) is 10.0. The van der Waals surface area contributed by atoms with Crippen LogP contribution in [0.5, 0.6) is 5.75 Å². The number of halogens is 1. The molecule has 0 aliphatic heterocycles. The zero-order valence-electron chi connectivity index (χ0n) is 11.9. The minimum atomic E-state index is -0.411. The van der Waals surface area contributed by atoms with E-state index in [0.717, 1.165) is 5.56 Å². The first kappa shape index (κ1) is 16.1. The molecule has 0 atom stereocenters. The van der Waals surface area contributed by atoms with Crippen molar-refractivity contribution in [3.05, 3.63) is 65.2 Å². The Kier molecular flexibility index (Phi) is 6.54. The molecule has 2 amide bonds. The van der Waals surface area contributed by atoms with Crippen molar-refractivity contribution in [1.29, 1.82) is 0 Å². The first-order valence-corrected chi connectivity index (χ1v) is 7.20. The summed E-state index contributed by atoms with van der Waals surface area (Å²) >= 11 is 5.84. The molecule has 0 saturated carbocycles. The summed E-state index contributed by atoms with van der Waals surface area (Å²) in [6.45, 7) is 1.01. The largest absolute Gasteiger partial charge is 0.492 e. The van der Waals surface area contributed by atoms with Crippen LogP contribution in [0.15, 0.2) is 54.6 Å². The summed E-state index contributed by atoms with van der Waals surface area (Å²) in [7, 11) is 0. The summed E-state index contributed by atoms with van der Waals surface area (Å²) in [5.74, 6) is 0.662. The van der Waals surface area contributed by atoms with Gasteiger partial charge in [-0.25, -0.2) is 10.3 Å². The number of urea groups is 1. The fraction of sp³-hybridized carbons (Fsp3) is 0.188. The van der Waals surface area contributed by atoms with Gasteiger partial charge in [0.15, 0.2) is 0 Å². The summed E-state index contributed by atoms with van der Waals surface area (Å²) in [5.41, 5.74) is 3.29. The number of amides is 2. The summed E-state index contributed by atoms with van der Waals surface area (Å²) in [4.78, 5) is 16.6. The Morgan fingerprint density at radius 1 is 1.09 bits per heavy atom. The second kappa shape index (κ2) is 8.92. The lowest BCUT2D eigenvalue weighted by molar-refractivity contribution is 0.0488. The second-order valence-corrected chi connectivity index (χ2v) is 4.87. The number of hydrogen-bond donors (Lipinski definition) is 2. The van der Waals surface area contributed by atoms with Gasteiger partial charge in [0.2, 0.25) is 0 Å². The summed E-state index contributed by atoms with van der Waals surface area (Å²) < 4.78 is 5.44. The monoisotopic (exact) mass is 320 g/mol. The second-order valence-electron chi connectivity index (χ2n) is 4.44. The van der Waals surface area contributed by atoms with E-state index in [0.29, 0.717) is 30.5 Å². The van der Waals surface area contributed by atoms with Gasteiger partial charge >= 0.3 is 6.03 Å². The van der Waals surface area contributed by atoms with Gasteiger partial charge in [-0.3, -0.25) is 4.84 Å². The van der Waals surface area contributed by atoms with Crippen LogP contribution in [0.4, 0.5) is 4.79 Å². The number of hydrogen-bond acceptors (Lipinski definition) is 3. The predicted molar refractivity (Wildman–Crippen MR) is 84.7 cm³/mol. The molecule has 0 heterocycles. The van der Waals surface area contributed by atoms with Gasteiger partial charge in [-0.15, -0.1) is 0 Å². The highest BCUT2D eigenvalue weighted by Crippen LogP contribution is 2.16. The van der Waals surface area contributed by atoms with Crippen molar-refractivity contribution in [2.24, 2.45) is 0 Å². The number of carbonyl (C=O) groups is 1. The van der Waals surface area contributed by atoms with E-state index in [1.54, 1.807) is 24.3 Å². The SMILES string of the molecule is O=C(NCCOc1cccc(Cl)c1)NOCc1ccccc1. The van der Waals surface area contributed by atoms with Crippen molar-refractivity contribution < 1.29 is 14.4 Å². The molecule has 0 aliphatic carbocycles. The smallest absolute Gasteiger partial charge is 0.338 e. The maximum Gasteiger partial charge on any atom is 0.338 e. The number of hydroxylamine groups is 1. The van der Waals surface area contributed by atoms with E-state index in [9.17, 15) is 4.79 Å². The summed E-state index contributed by atoms with van der Waals surface area (Å²) in [6.07, 6.45) is 0. The maximum atomic E-state index is 11.5. The number of benzene rings is 2. The molecule has 0 saturated heterocycles. The minimum Gasteiger partial charge on any atom is -0.492 e. The van der Waals surface area contributed by atoms with Crippen LogP contribution < -0.4 is 15.5 Å². The molecule has 2 N–H and O–H groups in total. The van der Waals surface area contributed by atoms with Gasteiger partial charge in [-0.05, 0) is 23.8 Å². The van der Waals surface area contributed by atoms with E-state index in [1.807, 2.05) is 30.3 Å². The topological polar surface area (TPSA) is 59.6 Å². The van der Waals surface area contributed by atoms with E-state index >= 15 is 0 Å². The Balaban J connectivity index is 1.56. The standard InChI is InChI=1S/C16H17ClN2O3/c17-14-7-4-8-15(11-14)21-10-9-18-16(20)19-22-12-13-5-2-1-3-6-13/h1-8,11H,9-10,12H2,(H2,18,19,20). The van der Waals surface area contributed by atoms with Crippen molar-refractivity contribution in [1.82, 2.24) is 10.8 Å². The van der Waals surface area contributed by atoms with Crippen molar-refractivity contribution in [2.45, 2.75) is 6.61 Å². The molecule has 0 fully saturated rings. The van der Waals surface area contributed by atoms with Crippen LogP contribution in [-0.4, -0.2) is 19.2 Å². The van der Waals surface area contributed by atoms with Gasteiger partial charge < -0.3 is 10.1 Å². The molecular formula is C16H17ClN2O3. The highest BCUT2D eigenvalue weighted by atomic mass is 35.5. The van der Waals surface area contributed by atoms with E-state index in [2.05, 4.69) is 10.8 Å². The molecule has 22 heavy (non-hydrogen) atoms. The first-order chi connectivity index (χ1) is 10.7. The van der Waals surface area contributed by atoms with Crippen LogP contribution in [-0.2, 0) is 11.4 Å². The fourth-order valence-electron chi connectivity index (χ4n) is 1.69. The third-order valence-corrected chi connectivity index (χ3v) is 2.93. The van der Waals surface area contributed by atoms with E-state index in [1.165, 1.54) is 0 Å². The van der Waals surface area contributed by atoms with Gasteiger partial charge in [0, 0.05) is 5.02 Å². The molecule has 2 aromatic carbocycles. The molecular weight excluding hydrogens is 304 g/mol. The quantitative estimate of drug-likeness (QED) is 0.608. The lowest BCUT2D eigenvalue weighted by Gasteiger charge is -2.09. The van der Waals surface area contributed by atoms with Gasteiger partial charge in [0.05, 0.1) is 13.2 Å². The molecule has 2 aromatic rings. The summed E-state index contributed by atoms with van der Waals surface area (Å²) in [5, 5.41) is 3.23. The Bertz CT molecular complexity index is 593. The molecule has 0 bridgehead atoms.